The average Bonchev–Trinajstić information content (AvgIpc) is 2.86. The molecule has 2 aromatic heterocycles. The maximum atomic E-state index is 11.9. The molecule has 0 aliphatic carbocycles. The number of aromatic amines is 2. The number of nitrogens with zero attached hydrogens (tertiary/aromatic N) is 3. The first-order valence-electron chi connectivity index (χ1n) is 4.88. The summed E-state index contributed by atoms with van der Waals surface area (Å²) in [6.07, 6.45) is 2.59. The SMILES string of the molecule is Cc1ncc(S(=O)(=O)NC(C)c2ncn[nH]2)[nH]1. The molecule has 0 aromatic carbocycles. The van der Waals surface area contributed by atoms with Gasteiger partial charge in [0.15, 0.2) is 5.03 Å². The monoisotopic (exact) mass is 256 g/mol. The molecule has 8 nitrogen and oxygen atoms in total. The summed E-state index contributed by atoms with van der Waals surface area (Å²) in [6.45, 7) is 3.35. The van der Waals surface area contributed by atoms with Gasteiger partial charge in [0, 0.05) is 0 Å². The van der Waals surface area contributed by atoms with Crippen molar-refractivity contribution < 1.29 is 8.42 Å². The number of hydrogen-bond acceptors (Lipinski definition) is 5. The van der Waals surface area contributed by atoms with Gasteiger partial charge in [-0.1, -0.05) is 0 Å². The summed E-state index contributed by atoms with van der Waals surface area (Å²) >= 11 is 0. The van der Waals surface area contributed by atoms with Crippen LogP contribution in [-0.2, 0) is 10.0 Å². The lowest BCUT2D eigenvalue weighted by Gasteiger charge is -2.09. The van der Waals surface area contributed by atoms with Gasteiger partial charge in [0.05, 0.1) is 12.2 Å². The topological polar surface area (TPSA) is 116 Å². The molecule has 0 aliphatic heterocycles. The van der Waals surface area contributed by atoms with Crippen molar-refractivity contribution >= 4 is 10.0 Å². The van der Waals surface area contributed by atoms with E-state index in [9.17, 15) is 8.42 Å². The highest BCUT2D eigenvalue weighted by Gasteiger charge is 2.21. The van der Waals surface area contributed by atoms with E-state index in [1.807, 2.05) is 0 Å². The highest BCUT2D eigenvalue weighted by Crippen LogP contribution is 2.11. The van der Waals surface area contributed by atoms with Gasteiger partial charge in [-0.05, 0) is 13.8 Å². The summed E-state index contributed by atoms with van der Waals surface area (Å²) in [4.78, 5) is 10.4. The molecule has 3 N–H and O–H groups in total. The van der Waals surface area contributed by atoms with Crippen LogP contribution in [0.15, 0.2) is 17.6 Å². The largest absolute Gasteiger partial charge is 0.332 e. The number of aryl methyl sites for hydroxylation is 1. The quantitative estimate of drug-likeness (QED) is 0.705. The lowest BCUT2D eigenvalue weighted by atomic mass is 10.3. The third-order valence-electron chi connectivity index (χ3n) is 2.14. The van der Waals surface area contributed by atoms with Crippen LogP contribution < -0.4 is 4.72 Å². The van der Waals surface area contributed by atoms with Crippen LogP contribution >= 0.6 is 0 Å². The first kappa shape index (κ1) is 11.7. The highest BCUT2D eigenvalue weighted by atomic mass is 32.2. The molecule has 2 heterocycles. The molecule has 0 spiro atoms. The minimum Gasteiger partial charge on any atom is -0.332 e. The molecule has 17 heavy (non-hydrogen) atoms. The Morgan fingerprint density at radius 2 is 2.18 bits per heavy atom. The third-order valence-corrected chi connectivity index (χ3v) is 3.60. The van der Waals surface area contributed by atoms with Gasteiger partial charge in [-0.15, -0.1) is 0 Å². The van der Waals surface area contributed by atoms with E-state index in [0.29, 0.717) is 11.6 Å². The third kappa shape index (κ3) is 2.50. The van der Waals surface area contributed by atoms with Gasteiger partial charge in [0.2, 0.25) is 0 Å². The van der Waals surface area contributed by atoms with Crippen LogP contribution in [0.1, 0.15) is 24.6 Å². The summed E-state index contributed by atoms with van der Waals surface area (Å²) in [6, 6.07) is -0.494. The molecule has 1 unspecified atom stereocenters. The van der Waals surface area contributed by atoms with E-state index in [2.05, 4.69) is 29.9 Å². The number of hydrogen-bond donors (Lipinski definition) is 3. The maximum Gasteiger partial charge on any atom is 0.258 e. The molecule has 0 amide bonds. The summed E-state index contributed by atoms with van der Waals surface area (Å²) < 4.78 is 26.3. The summed E-state index contributed by atoms with van der Waals surface area (Å²) in [5.74, 6) is 0.988. The molecular weight excluding hydrogens is 244 g/mol. The fourth-order valence-corrected chi connectivity index (χ4v) is 2.49. The predicted octanol–water partition coefficient (Wildman–Crippen LogP) is -0.124. The first-order valence-corrected chi connectivity index (χ1v) is 6.36. The van der Waals surface area contributed by atoms with Crippen LogP contribution in [0.4, 0.5) is 0 Å². The van der Waals surface area contributed by atoms with Crippen molar-refractivity contribution in [2.75, 3.05) is 0 Å². The van der Waals surface area contributed by atoms with E-state index < -0.39 is 16.1 Å². The number of nitrogens with one attached hydrogen (secondary N) is 3. The Hall–Kier alpha value is -1.74. The van der Waals surface area contributed by atoms with Crippen molar-refractivity contribution in [3.63, 3.8) is 0 Å². The van der Waals surface area contributed by atoms with E-state index in [1.165, 1.54) is 12.5 Å². The standard InChI is InChI=1S/C8H12N6O2S/c1-5(8-10-4-11-13-8)14-17(15,16)7-3-9-6(2)12-7/h3-5,14H,1-2H3,(H,9,12)(H,10,11,13). The Labute approximate surface area is 97.9 Å². The minimum atomic E-state index is -3.62. The van der Waals surface area contributed by atoms with Crippen LogP contribution in [-0.4, -0.2) is 33.6 Å². The highest BCUT2D eigenvalue weighted by molar-refractivity contribution is 7.89. The summed E-state index contributed by atoms with van der Waals surface area (Å²) in [7, 11) is -3.62. The van der Waals surface area contributed by atoms with Crippen molar-refractivity contribution in [1.82, 2.24) is 29.9 Å². The zero-order chi connectivity index (χ0) is 12.5. The maximum absolute atomic E-state index is 11.9. The smallest absolute Gasteiger partial charge is 0.258 e. The van der Waals surface area contributed by atoms with Gasteiger partial charge in [-0.3, -0.25) is 5.10 Å². The molecular formula is C8H12N6O2S. The van der Waals surface area contributed by atoms with Gasteiger partial charge < -0.3 is 4.98 Å². The van der Waals surface area contributed by atoms with Crippen molar-refractivity contribution in [3.05, 3.63) is 24.2 Å². The number of H-pyrrole nitrogens is 2. The zero-order valence-electron chi connectivity index (χ0n) is 9.30. The minimum absolute atomic E-state index is 0.0290. The van der Waals surface area contributed by atoms with E-state index in [0.717, 1.165) is 0 Å². The van der Waals surface area contributed by atoms with Crippen molar-refractivity contribution in [3.8, 4) is 0 Å². The molecule has 2 aromatic rings. The van der Waals surface area contributed by atoms with Crippen LogP contribution in [0.3, 0.4) is 0 Å². The van der Waals surface area contributed by atoms with E-state index >= 15 is 0 Å². The lowest BCUT2D eigenvalue weighted by molar-refractivity contribution is 0.557. The number of aromatic nitrogens is 5. The zero-order valence-corrected chi connectivity index (χ0v) is 10.1. The Morgan fingerprint density at radius 3 is 2.71 bits per heavy atom. The van der Waals surface area contributed by atoms with Gasteiger partial charge in [0.1, 0.15) is 18.0 Å². The van der Waals surface area contributed by atoms with Crippen molar-refractivity contribution in [1.29, 1.82) is 0 Å². The van der Waals surface area contributed by atoms with Gasteiger partial charge >= 0.3 is 0 Å². The summed E-state index contributed by atoms with van der Waals surface area (Å²) in [5, 5.41) is 6.29. The second kappa shape index (κ2) is 4.26. The first-order chi connectivity index (χ1) is 7.99. The molecule has 0 bridgehead atoms. The molecule has 1 atom stereocenters. The molecule has 2 rings (SSSR count). The Bertz CT molecular complexity index is 587. The van der Waals surface area contributed by atoms with Crippen LogP contribution in [0.2, 0.25) is 0 Å². The van der Waals surface area contributed by atoms with Crippen LogP contribution in [0.5, 0.6) is 0 Å². The lowest BCUT2D eigenvalue weighted by Crippen LogP contribution is -2.27. The molecule has 0 fully saturated rings. The fourth-order valence-electron chi connectivity index (χ4n) is 1.31. The van der Waals surface area contributed by atoms with Gasteiger partial charge in [-0.25, -0.2) is 18.4 Å². The van der Waals surface area contributed by atoms with E-state index in [1.54, 1.807) is 13.8 Å². The van der Waals surface area contributed by atoms with Gasteiger partial charge in [0.25, 0.3) is 10.0 Å². The van der Waals surface area contributed by atoms with Gasteiger partial charge in [-0.2, -0.15) is 9.82 Å². The summed E-state index contributed by atoms with van der Waals surface area (Å²) in [5.41, 5.74) is 0. The number of rotatable bonds is 4. The van der Waals surface area contributed by atoms with E-state index in [4.69, 9.17) is 0 Å². The molecule has 0 saturated carbocycles. The Balaban J connectivity index is 2.18. The Morgan fingerprint density at radius 1 is 1.41 bits per heavy atom. The average molecular weight is 256 g/mol. The van der Waals surface area contributed by atoms with Crippen LogP contribution in [0, 0.1) is 6.92 Å². The second-order valence-corrected chi connectivity index (χ2v) is 5.23. The molecule has 92 valence electrons. The predicted molar refractivity (Wildman–Crippen MR) is 58.4 cm³/mol. The van der Waals surface area contributed by atoms with Crippen molar-refractivity contribution in [2.24, 2.45) is 0 Å². The normalized spacial score (nSPS) is 13.8. The van der Waals surface area contributed by atoms with Crippen LogP contribution in [0.25, 0.3) is 0 Å². The van der Waals surface area contributed by atoms with E-state index in [-0.39, 0.29) is 5.03 Å². The molecule has 0 radical (unpaired) electrons. The Kier molecular flexibility index (Phi) is 2.94. The molecule has 9 heteroatoms. The molecule has 0 aliphatic rings. The fraction of sp³-hybridized carbons (Fsp3) is 0.375. The second-order valence-electron chi connectivity index (χ2n) is 3.55. The molecule has 0 saturated heterocycles. The number of imidazole rings is 1. The van der Waals surface area contributed by atoms with Crippen molar-refractivity contribution in [2.45, 2.75) is 24.9 Å². The number of sulfonamides is 1.